The van der Waals surface area contributed by atoms with E-state index in [1.165, 1.54) is 0 Å². The molecule has 0 aliphatic carbocycles. The number of carbonyl (C=O) groups is 1. The topological polar surface area (TPSA) is 60.2 Å². The molecule has 0 N–H and O–H groups in total. The van der Waals surface area contributed by atoms with Crippen LogP contribution in [-0.4, -0.2) is 57.5 Å². The molecule has 2 rings (SSSR count). The van der Waals surface area contributed by atoms with Crippen LogP contribution in [0.1, 0.15) is 37.7 Å². The molecule has 1 fully saturated rings. The number of ketones is 1. The number of carbonyl (C=O) groups excluding carboxylic acids is 1. The standard InChI is InChI=1S/C13H22N4O2/c1-4-5-17-11(10-14-15-17)12(18)13(2,3)16-6-8-19-9-7-16/h10H,4-9H2,1-3H3. The highest BCUT2D eigenvalue weighted by molar-refractivity contribution is 6.01. The predicted molar refractivity (Wildman–Crippen MR) is 71.1 cm³/mol. The molecule has 106 valence electrons. The van der Waals surface area contributed by atoms with Crippen LogP contribution in [0.2, 0.25) is 0 Å². The first-order valence-electron chi connectivity index (χ1n) is 6.83. The molecule has 0 atom stereocenters. The Morgan fingerprint density at radius 1 is 1.42 bits per heavy atom. The van der Waals surface area contributed by atoms with Gasteiger partial charge in [-0.15, -0.1) is 5.10 Å². The molecule has 1 aromatic heterocycles. The third-order valence-corrected chi connectivity index (χ3v) is 3.64. The minimum absolute atomic E-state index is 0.0767. The molecule has 0 unspecified atom stereocenters. The van der Waals surface area contributed by atoms with Crippen molar-refractivity contribution < 1.29 is 9.53 Å². The van der Waals surface area contributed by atoms with Crippen LogP contribution in [0.4, 0.5) is 0 Å². The van der Waals surface area contributed by atoms with Crippen molar-refractivity contribution in [1.82, 2.24) is 19.9 Å². The fourth-order valence-electron chi connectivity index (χ4n) is 2.39. The first-order chi connectivity index (χ1) is 9.07. The number of aromatic nitrogens is 3. The van der Waals surface area contributed by atoms with Crippen LogP contribution in [0.3, 0.4) is 0 Å². The van der Waals surface area contributed by atoms with E-state index >= 15 is 0 Å². The molecule has 0 aromatic carbocycles. The second-order valence-electron chi connectivity index (χ2n) is 5.33. The van der Waals surface area contributed by atoms with Crippen LogP contribution in [0, 0.1) is 0 Å². The van der Waals surface area contributed by atoms with Crippen molar-refractivity contribution in [3.8, 4) is 0 Å². The van der Waals surface area contributed by atoms with E-state index in [9.17, 15) is 4.79 Å². The summed E-state index contributed by atoms with van der Waals surface area (Å²) in [5, 5.41) is 7.86. The van der Waals surface area contributed by atoms with Crippen LogP contribution >= 0.6 is 0 Å². The monoisotopic (exact) mass is 266 g/mol. The van der Waals surface area contributed by atoms with Gasteiger partial charge in [-0.3, -0.25) is 9.69 Å². The van der Waals surface area contributed by atoms with Gasteiger partial charge in [0.25, 0.3) is 0 Å². The van der Waals surface area contributed by atoms with Crippen LogP contribution in [0.15, 0.2) is 6.20 Å². The predicted octanol–water partition coefficient (Wildman–Crippen LogP) is 0.982. The van der Waals surface area contributed by atoms with Gasteiger partial charge in [0, 0.05) is 19.6 Å². The van der Waals surface area contributed by atoms with Gasteiger partial charge < -0.3 is 4.74 Å². The molecule has 19 heavy (non-hydrogen) atoms. The molecular weight excluding hydrogens is 244 g/mol. The molecule has 1 saturated heterocycles. The summed E-state index contributed by atoms with van der Waals surface area (Å²) in [7, 11) is 0. The maximum absolute atomic E-state index is 12.7. The van der Waals surface area contributed by atoms with Gasteiger partial charge in [-0.2, -0.15) is 0 Å². The van der Waals surface area contributed by atoms with Crippen molar-refractivity contribution in [2.75, 3.05) is 26.3 Å². The summed E-state index contributed by atoms with van der Waals surface area (Å²) in [5.41, 5.74) is 0.0510. The molecule has 2 heterocycles. The highest BCUT2D eigenvalue weighted by atomic mass is 16.5. The second kappa shape index (κ2) is 5.79. The maximum atomic E-state index is 12.7. The van der Waals surface area contributed by atoms with E-state index in [2.05, 4.69) is 22.1 Å². The lowest BCUT2D eigenvalue weighted by molar-refractivity contribution is -0.00466. The zero-order chi connectivity index (χ0) is 13.9. The van der Waals surface area contributed by atoms with Crippen molar-refractivity contribution >= 4 is 5.78 Å². The lowest BCUT2D eigenvalue weighted by Gasteiger charge is -2.39. The number of aryl methyl sites for hydroxylation is 1. The van der Waals surface area contributed by atoms with Gasteiger partial charge in [0.1, 0.15) is 5.69 Å². The lowest BCUT2D eigenvalue weighted by Crippen LogP contribution is -2.54. The summed E-state index contributed by atoms with van der Waals surface area (Å²) in [5.74, 6) is 0.0767. The lowest BCUT2D eigenvalue weighted by atomic mass is 9.94. The Morgan fingerprint density at radius 2 is 2.11 bits per heavy atom. The van der Waals surface area contributed by atoms with Gasteiger partial charge in [-0.05, 0) is 20.3 Å². The Morgan fingerprint density at radius 3 is 2.74 bits per heavy atom. The summed E-state index contributed by atoms with van der Waals surface area (Å²) < 4.78 is 7.04. The van der Waals surface area contributed by atoms with Gasteiger partial charge in [0.2, 0.25) is 5.78 Å². The largest absolute Gasteiger partial charge is 0.379 e. The molecule has 1 aliphatic rings. The second-order valence-corrected chi connectivity index (χ2v) is 5.33. The Balaban J connectivity index is 2.18. The van der Waals surface area contributed by atoms with Crippen LogP contribution in [0.5, 0.6) is 0 Å². The smallest absolute Gasteiger partial charge is 0.202 e. The molecule has 0 amide bonds. The summed E-state index contributed by atoms with van der Waals surface area (Å²) >= 11 is 0. The van der Waals surface area contributed by atoms with Gasteiger partial charge in [0.15, 0.2) is 0 Å². The third kappa shape index (κ3) is 2.84. The number of Topliss-reactive ketones (excluding diaryl/α,β-unsaturated/α-hetero) is 1. The quantitative estimate of drug-likeness (QED) is 0.744. The number of hydrogen-bond acceptors (Lipinski definition) is 5. The molecule has 0 saturated carbocycles. The molecule has 1 aromatic rings. The van der Waals surface area contributed by atoms with Crippen LogP contribution in [-0.2, 0) is 11.3 Å². The summed E-state index contributed by atoms with van der Waals surface area (Å²) in [6.07, 6.45) is 2.50. The average Bonchev–Trinajstić information content (AvgIpc) is 2.87. The van der Waals surface area contributed by atoms with E-state index in [0.29, 0.717) is 18.9 Å². The number of rotatable bonds is 5. The molecular formula is C13H22N4O2. The molecule has 0 radical (unpaired) electrons. The zero-order valence-electron chi connectivity index (χ0n) is 11.9. The molecule has 1 aliphatic heterocycles. The van der Waals surface area contributed by atoms with E-state index in [0.717, 1.165) is 26.1 Å². The minimum atomic E-state index is -0.545. The summed E-state index contributed by atoms with van der Waals surface area (Å²) in [4.78, 5) is 14.9. The highest BCUT2D eigenvalue weighted by Gasteiger charge is 2.37. The van der Waals surface area contributed by atoms with Crippen molar-refractivity contribution in [1.29, 1.82) is 0 Å². The summed E-state index contributed by atoms with van der Waals surface area (Å²) in [6, 6.07) is 0. The first-order valence-corrected chi connectivity index (χ1v) is 6.83. The Kier molecular flexibility index (Phi) is 4.31. The SMILES string of the molecule is CCCn1nncc1C(=O)C(C)(C)N1CCOCC1. The Hall–Kier alpha value is -1.27. The maximum Gasteiger partial charge on any atom is 0.202 e. The van der Waals surface area contributed by atoms with Crippen LogP contribution in [0.25, 0.3) is 0 Å². The van der Waals surface area contributed by atoms with E-state index in [1.807, 2.05) is 13.8 Å². The van der Waals surface area contributed by atoms with Crippen molar-refractivity contribution in [2.45, 2.75) is 39.3 Å². The molecule has 0 spiro atoms. The van der Waals surface area contributed by atoms with Gasteiger partial charge >= 0.3 is 0 Å². The van der Waals surface area contributed by atoms with Gasteiger partial charge in [-0.1, -0.05) is 12.1 Å². The molecule has 0 bridgehead atoms. The first kappa shape index (κ1) is 14.1. The van der Waals surface area contributed by atoms with Crippen LogP contribution < -0.4 is 0 Å². The van der Waals surface area contributed by atoms with Crippen molar-refractivity contribution in [3.63, 3.8) is 0 Å². The fraction of sp³-hybridized carbons (Fsp3) is 0.769. The fourth-order valence-corrected chi connectivity index (χ4v) is 2.39. The normalized spacial score (nSPS) is 17.6. The highest BCUT2D eigenvalue weighted by Crippen LogP contribution is 2.21. The van der Waals surface area contributed by atoms with E-state index in [1.54, 1.807) is 10.9 Å². The van der Waals surface area contributed by atoms with Crippen molar-refractivity contribution in [2.24, 2.45) is 0 Å². The minimum Gasteiger partial charge on any atom is -0.379 e. The molecule has 6 nitrogen and oxygen atoms in total. The average molecular weight is 266 g/mol. The van der Waals surface area contributed by atoms with Crippen molar-refractivity contribution in [3.05, 3.63) is 11.9 Å². The number of hydrogen-bond donors (Lipinski definition) is 0. The molecule has 6 heteroatoms. The Bertz CT molecular complexity index is 436. The van der Waals surface area contributed by atoms with E-state index in [-0.39, 0.29) is 5.78 Å². The Labute approximate surface area is 113 Å². The number of ether oxygens (including phenoxy) is 1. The third-order valence-electron chi connectivity index (χ3n) is 3.64. The number of morpholine rings is 1. The van der Waals surface area contributed by atoms with Gasteiger partial charge in [-0.25, -0.2) is 4.68 Å². The zero-order valence-corrected chi connectivity index (χ0v) is 11.9. The summed E-state index contributed by atoms with van der Waals surface area (Å²) in [6.45, 7) is 9.64. The van der Waals surface area contributed by atoms with E-state index < -0.39 is 5.54 Å². The van der Waals surface area contributed by atoms with Gasteiger partial charge in [0.05, 0.1) is 24.9 Å². The van der Waals surface area contributed by atoms with E-state index in [4.69, 9.17) is 4.74 Å². The number of nitrogens with zero attached hydrogens (tertiary/aromatic N) is 4.